The molecule has 2 saturated carbocycles. The van der Waals surface area contributed by atoms with E-state index < -0.39 is 5.60 Å². The molecule has 7 heteroatoms. The first-order valence-electron chi connectivity index (χ1n) is 12.9. The van der Waals surface area contributed by atoms with Crippen molar-refractivity contribution in [1.82, 2.24) is 15.2 Å². The van der Waals surface area contributed by atoms with Crippen LogP contribution in [0.4, 0.5) is 4.79 Å². The summed E-state index contributed by atoms with van der Waals surface area (Å²) in [6.45, 7) is 8.26. The van der Waals surface area contributed by atoms with Gasteiger partial charge in [0.15, 0.2) is 0 Å². The second kappa shape index (κ2) is 12.2. The zero-order chi connectivity index (χ0) is 23.8. The van der Waals surface area contributed by atoms with Crippen molar-refractivity contribution in [2.24, 2.45) is 5.92 Å². The van der Waals surface area contributed by atoms with Crippen LogP contribution in [0.2, 0.25) is 0 Å². The molecule has 2 amide bonds. The predicted molar refractivity (Wildman–Crippen MR) is 133 cm³/mol. The van der Waals surface area contributed by atoms with E-state index in [1.807, 2.05) is 27.7 Å². The van der Waals surface area contributed by atoms with Gasteiger partial charge in [-0.3, -0.25) is 4.79 Å². The minimum Gasteiger partial charge on any atom is -0.444 e. The van der Waals surface area contributed by atoms with Crippen LogP contribution >= 0.6 is 11.3 Å². The number of carbonyl (C=O) groups is 2. The molecule has 1 heterocycles. The highest BCUT2D eigenvalue weighted by Gasteiger charge is 2.30. The molecule has 1 N–H and O–H groups in total. The van der Waals surface area contributed by atoms with Gasteiger partial charge in [0.2, 0.25) is 5.91 Å². The molecular weight excluding hydrogens is 434 g/mol. The molecule has 1 atom stereocenters. The highest BCUT2D eigenvalue weighted by molar-refractivity contribution is 7.09. The summed E-state index contributed by atoms with van der Waals surface area (Å²) in [4.78, 5) is 32.8. The Hall–Kier alpha value is -1.63. The number of ether oxygens (including phenoxy) is 1. The molecule has 0 saturated heterocycles. The first-order chi connectivity index (χ1) is 15.7. The number of thiazole rings is 1. The molecule has 2 fully saturated rings. The van der Waals surface area contributed by atoms with Gasteiger partial charge in [-0.15, -0.1) is 11.3 Å². The van der Waals surface area contributed by atoms with E-state index in [1.165, 1.54) is 38.5 Å². The van der Waals surface area contributed by atoms with Crippen LogP contribution in [0.15, 0.2) is 5.38 Å². The monoisotopic (exact) mass is 477 g/mol. The fraction of sp³-hybridized carbons (Fsp3) is 0.808. The first kappa shape index (κ1) is 26.0. The third kappa shape index (κ3) is 8.58. The molecule has 0 spiro atoms. The fourth-order valence-corrected chi connectivity index (χ4v) is 5.92. The van der Waals surface area contributed by atoms with Crippen LogP contribution in [-0.2, 0) is 16.1 Å². The van der Waals surface area contributed by atoms with Crippen molar-refractivity contribution in [2.45, 2.75) is 129 Å². The van der Waals surface area contributed by atoms with Gasteiger partial charge >= 0.3 is 6.09 Å². The standard InChI is InChI=1S/C26H43N3O3S/c1-19-27-21(18-33-19)17-29(22-13-9-6-10-14-22)24(30)16-15-23(20-11-7-5-8-12-20)28-25(31)32-26(2,3)4/h18,20,22-23H,5-17H2,1-4H3,(H,28,31)/t23-/m0/s1. The van der Waals surface area contributed by atoms with Crippen molar-refractivity contribution < 1.29 is 14.3 Å². The average Bonchev–Trinajstić information content (AvgIpc) is 3.19. The van der Waals surface area contributed by atoms with Crippen LogP contribution in [0.3, 0.4) is 0 Å². The van der Waals surface area contributed by atoms with Crippen molar-refractivity contribution in [3.8, 4) is 0 Å². The van der Waals surface area contributed by atoms with Gasteiger partial charge in [-0.1, -0.05) is 38.5 Å². The molecule has 33 heavy (non-hydrogen) atoms. The van der Waals surface area contributed by atoms with Crippen molar-refractivity contribution in [3.63, 3.8) is 0 Å². The van der Waals surface area contributed by atoms with Gasteiger partial charge in [0.25, 0.3) is 0 Å². The third-order valence-corrected chi connectivity index (χ3v) is 7.75. The summed E-state index contributed by atoms with van der Waals surface area (Å²) in [5.74, 6) is 0.614. The lowest BCUT2D eigenvalue weighted by Crippen LogP contribution is -2.45. The lowest BCUT2D eigenvalue weighted by atomic mass is 9.82. The SMILES string of the molecule is Cc1nc(CN(C(=O)CC[C@H](NC(=O)OC(C)(C)C)C2CCCCC2)C2CCCCC2)cs1. The number of amides is 2. The summed E-state index contributed by atoms with van der Waals surface area (Å²) in [5, 5.41) is 6.25. The van der Waals surface area contributed by atoms with Gasteiger partial charge < -0.3 is 15.0 Å². The molecule has 186 valence electrons. The van der Waals surface area contributed by atoms with E-state index in [2.05, 4.69) is 20.6 Å². The van der Waals surface area contributed by atoms with Crippen LogP contribution in [0.5, 0.6) is 0 Å². The van der Waals surface area contributed by atoms with E-state index in [0.29, 0.717) is 31.3 Å². The van der Waals surface area contributed by atoms with Crippen molar-refractivity contribution in [2.75, 3.05) is 0 Å². The number of carbonyl (C=O) groups excluding carboxylic acids is 2. The van der Waals surface area contributed by atoms with E-state index in [9.17, 15) is 9.59 Å². The molecule has 1 aromatic heterocycles. The van der Waals surface area contributed by atoms with Gasteiger partial charge in [0.1, 0.15) is 5.60 Å². The topological polar surface area (TPSA) is 71.5 Å². The summed E-state index contributed by atoms with van der Waals surface area (Å²) < 4.78 is 5.54. The molecule has 3 rings (SSSR count). The van der Waals surface area contributed by atoms with Crippen LogP contribution in [0, 0.1) is 12.8 Å². The first-order valence-corrected chi connectivity index (χ1v) is 13.8. The Labute approximate surface area is 203 Å². The largest absolute Gasteiger partial charge is 0.444 e. The van der Waals surface area contributed by atoms with E-state index in [1.54, 1.807) is 11.3 Å². The molecule has 0 aromatic carbocycles. The Morgan fingerprint density at radius 2 is 1.76 bits per heavy atom. The van der Waals surface area contributed by atoms with E-state index in [-0.39, 0.29) is 18.0 Å². The summed E-state index contributed by atoms with van der Waals surface area (Å²) >= 11 is 1.64. The summed E-state index contributed by atoms with van der Waals surface area (Å²) in [6, 6.07) is 0.291. The number of aryl methyl sites for hydroxylation is 1. The maximum absolute atomic E-state index is 13.5. The second-order valence-corrected chi connectivity index (χ2v) is 11.9. The van der Waals surface area contributed by atoms with Crippen molar-refractivity contribution in [3.05, 3.63) is 16.1 Å². The summed E-state index contributed by atoms with van der Waals surface area (Å²) in [7, 11) is 0. The number of hydrogen-bond acceptors (Lipinski definition) is 5. The number of hydrogen-bond donors (Lipinski definition) is 1. The molecule has 0 aliphatic heterocycles. The Bertz CT molecular complexity index is 761. The zero-order valence-electron chi connectivity index (χ0n) is 21.0. The molecule has 2 aliphatic rings. The lowest BCUT2D eigenvalue weighted by molar-refractivity contribution is -0.135. The van der Waals surface area contributed by atoms with E-state index in [4.69, 9.17) is 4.74 Å². The van der Waals surface area contributed by atoms with Crippen LogP contribution in [0.25, 0.3) is 0 Å². The zero-order valence-corrected chi connectivity index (χ0v) is 21.8. The molecule has 6 nitrogen and oxygen atoms in total. The van der Waals surface area contributed by atoms with Gasteiger partial charge in [-0.05, 0) is 65.7 Å². The molecule has 0 unspecified atom stereocenters. The number of nitrogens with one attached hydrogen (secondary N) is 1. The number of nitrogens with zero attached hydrogens (tertiary/aromatic N) is 2. The minimum atomic E-state index is -0.527. The number of rotatable bonds is 8. The molecule has 1 aromatic rings. The number of aromatic nitrogens is 1. The second-order valence-electron chi connectivity index (χ2n) is 10.9. The highest BCUT2D eigenvalue weighted by atomic mass is 32.1. The average molecular weight is 478 g/mol. The van der Waals surface area contributed by atoms with Gasteiger partial charge in [0.05, 0.1) is 17.2 Å². The Morgan fingerprint density at radius 3 is 2.33 bits per heavy atom. The Morgan fingerprint density at radius 1 is 1.12 bits per heavy atom. The summed E-state index contributed by atoms with van der Waals surface area (Å²) in [5.41, 5.74) is 0.465. The summed E-state index contributed by atoms with van der Waals surface area (Å²) in [6.07, 6.45) is 12.4. The van der Waals surface area contributed by atoms with Crippen LogP contribution in [0.1, 0.15) is 109 Å². The van der Waals surface area contributed by atoms with E-state index >= 15 is 0 Å². The Kier molecular flexibility index (Phi) is 9.59. The van der Waals surface area contributed by atoms with Crippen LogP contribution < -0.4 is 5.32 Å². The molecule has 0 radical (unpaired) electrons. The van der Waals surface area contributed by atoms with Gasteiger partial charge in [0, 0.05) is 23.9 Å². The maximum Gasteiger partial charge on any atom is 0.407 e. The predicted octanol–water partition coefficient (Wildman–Crippen LogP) is 6.37. The Balaban J connectivity index is 1.65. The molecule has 2 aliphatic carbocycles. The maximum atomic E-state index is 13.5. The van der Waals surface area contributed by atoms with Gasteiger partial charge in [-0.25, -0.2) is 9.78 Å². The van der Waals surface area contributed by atoms with Crippen molar-refractivity contribution in [1.29, 1.82) is 0 Å². The molecular formula is C26H43N3O3S. The van der Waals surface area contributed by atoms with Crippen molar-refractivity contribution >= 4 is 23.3 Å². The quantitative estimate of drug-likeness (QED) is 0.472. The van der Waals surface area contributed by atoms with Crippen LogP contribution in [-0.4, -0.2) is 39.6 Å². The minimum absolute atomic E-state index is 0.0150. The fourth-order valence-electron chi connectivity index (χ4n) is 5.31. The third-order valence-electron chi connectivity index (χ3n) is 6.92. The lowest BCUT2D eigenvalue weighted by Gasteiger charge is -2.35. The normalized spacial score (nSPS) is 19.2. The highest BCUT2D eigenvalue weighted by Crippen LogP contribution is 2.30. The smallest absolute Gasteiger partial charge is 0.407 e. The van der Waals surface area contributed by atoms with Gasteiger partial charge in [-0.2, -0.15) is 0 Å². The van der Waals surface area contributed by atoms with E-state index in [0.717, 1.165) is 36.4 Å². The number of alkyl carbamates (subject to hydrolysis) is 1. The molecule has 0 bridgehead atoms.